The van der Waals surface area contributed by atoms with Gasteiger partial charge < -0.3 is 4.90 Å². The molecule has 0 fully saturated rings. The molecule has 0 aromatic rings. The van der Waals surface area contributed by atoms with Crippen molar-refractivity contribution in [2.24, 2.45) is 9.98 Å². The van der Waals surface area contributed by atoms with Crippen LogP contribution in [0, 0.1) is 0 Å². The first kappa shape index (κ1) is 8.24. The highest BCUT2D eigenvalue weighted by Crippen LogP contribution is 1.97. The van der Waals surface area contributed by atoms with E-state index in [-0.39, 0.29) is 0 Å². The maximum absolute atomic E-state index is 4.04. The summed E-state index contributed by atoms with van der Waals surface area (Å²) >= 11 is 0. The second kappa shape index (κ2) is 4.88. The van der Waals surface area contributed by atoms with Crippen LogP contribution in [0.1, 0.15) is 26.2 Å². The quantitative estimate of drug-likeness (QED) is 0.562. The van der Waals surface area contributed by atoms with Crippen molar-refractivity contribution in [2.45, 2.75) is 26.2 Å². The Hall–Kier alpha value is -0.860. The van der Waals surface area contributed by atoms with Gasteiger partial charge in [0, 0.05) is 6.54 Å². The molecule has 1 aliphatic rings. The van der Waals surface area contributed by atoms with E-state index in [2.05, 4.69) is 21.8 Å². The predicted molar refractivity (Wildman–Crippen MR) is 48.1 cm³/mol. The average Bonchev–Trinajstić information content (AvgIpc) is 2.07. The highest BCUT2D eigenvalue weighted by molar-refractivity contribution is 5.72. The van der Waals surface area contributed by atoms with Crippen molar-refractivity contribution in [3.8, 4) is 0 Å². The van der Waals surface area contributed by atoms with Crippen LogP contribution in [-0.2, 0) is 0 Å². The minimum absolute atomic E-state index is 0.785. The largest absolute Gasteiger partial charge is 0.343 e. The van der Waals surface area contributed by atoms with Crippen LogP contribution in [0.5, 0.6) is 0 Å². The average molecular weight is 153 g/mol. The molecule has 1 aliphatic heterocycles. The highest BCUT2D eigenvalue weighted by atomic mass is 15.2. The van der Waals surface area contributed by atoms with E-state index in [1.165, 1.54) is 19.3 Å². The van der Waals surface area contributed by atoms with Gasteiger partial charge in [0.1, 0.15) is 13.0 Å². The molecule has 0 aromatic heterocycles. The van der Waals surface area contributed by atoms with Crippen LogP contribution < -0.4 is 0 Å². The zero-order valence-electron chi connectivity index (χ0n) is 7.03. The molecule has 11 heavy (non-hydrogen) atoms. The molecule has 3 nitrogen and oxygen atoms in total. The number of hydrogen-bond donors (Lipinski definition) is 0. The van der Waals surface area contributed by atoms with Crippen molar-refractivity contribution in [1.29, 1.82) is 0 Å². The minimum Gasteiger partial charge on any atom is -0.343 e. The maximum atomic E-state index is 4.04. The Kier molecular flexibility index (Phi) is 3.65. The lowest BCUT2D eigenvalue weighted by Crippen LogP contribution is -2.25. The predicted octanol–water partition coefficient (Wildman–Crippen LogP) is 1.51. The van der Waals surface area contributed by atoms with Crippen LogP contribution in [0.25, 0.3) is 0 Å². The summed E-state index contributed by atoms with van der Waals surface area (Å²) in [5, 5.41) is 0. The lowest BCUT2D eigenvalue weighted by Gasteiger charge is -2.17. The minimum atomic E-state index is 0.785. The van der Waals surface area contributed by atoms with Crippen molar-refractivity contribution < 1.29 is 0 Å². The van der Waals surface area contributed by atoms with Crippen LogP contribution >= 0.6 is 0 Å². The van der Waals surface area contributed by atoms with Gasteiger partial charge in [0.05, 0.1) is 6.34 Å². The summed E-state index contributed by atoms with van der Waals surface area (Å²) in [6.45, 7) is 4.09. The van der Waals surface area contributed by atoms with Gasteiger partial charge in [-0.15, -0.1) is 0 Å². The Morgan fingerprint density at radius 3 is 3.00 bits per heavy atom. The van der Waals surface area contributed by atoms with E-state index in [1.54, 1.807) is 6.34 Å². The van der Waals surface area contributed by atoms with Gasteiger partial charge in [-0.05, 0) is 6.42 Å². The molecule has 0 atom stereocenters. The molecule has 0 amide bonds. The number of hydrogen-bond acceptors (Lipinski definition) is 3. The molecule has 0 unspecified atom stereocenters. The van der Waals surface area contributed by atoms with Gasteiger partial charge in [-0.3, -0.25) is 4.99 Å². The summed E-state index contributed by atoms with van der Waals surface area (Å²) in [5.41, 5.74) is 0. The maximum Gasteiger partial charge on any atom is 0.113 e. The van der Waals surface area contributed by atoms with E-state index in [4.69, 9.17) is 0 Å². The standard InChI is InChI=1S/C8H15N3/c1-2-3-4-5-11-7-9-6-10-8-11/h6-7H,2-5,8H2,1H3. The molecule has 0 aliphatic carbocycles. The van der Waals surface area contributed by atoms with Crippen molar-refractivity contribution in [2.75, 3.05) is 13.2 Å². The molecule has 62 valence electrons. The van der Waals surface area contributed by atoms with E-state index in [0.29, 0.717) is 0 Å². The first-order valence-corrected chi connectivity index (χ1v) is 4.19. The van der Waals surface area contributed by atoms with Gasteiger partial charge in [-0.25, -0.2) is 4.99 Å². The normalized spacial score (nSPS) is 15.9. The SMILES string of the molecule is CCCCCN1C=NC=NC1. The third-order valence-electron chi connectivity index (χ3n) is 1.69. The lowest BCUT2D eigenvalue weighted by molar-refractivity contribution is 0.423. The molecule has 0 N–H and O–H groups in total. The van der Waals surface area contributed by atoms with Crippen LogP contribution in [-0.4, -0.2) is 30.8 Å². The van der Waals surface area contributed by atoms with Gasteiger partial charge >= 0.3 is 0 Å². The Labute approximate surface area is 67.8 Å². The summed E-state index contributed by atoms with van der Waals surface area (Å²) < 4.78 is 0. The molecule has 0 saturated carbocycles. The Balaban J connectivity index is 2.07. The van der Waals surface area contributed by atoms with Gasteiger partial charge in [-0.2, -0.15) is 0 Å². The molecule has 0 aromatic carbocycles. The third-order valence-corrected chi connectivity index (χ3v) is 1.69. The monoisotopic (exact) mass is 153 g/mol. The van der Waals surface area contributed by atoms with Crippen LogP contribution in [0.15, 0.2) is 9.98 Å². The van der Waals surface area contributed by atoms with Gasteiger partial charge in [0.15, 0.2) is 0 Å². The fraction of sp³-hybridized carbons (Fsp3) is 0.750. The molecule has 0 spiro atoms. The van der Waals surface area contributed by atoms with E-state index in [9.17, 15) is 0 Å². The molecular formula is C8H15N3. The number of unbranched alkanes of at least 4 members (excludes halogenated alkanes) is 2. The van der Waals surface area contributed by atoms with E-state index >= 15 is 0 Å². The fourth-order valence-corrected chi connectivity index (χ4v) is 1.04. The van der Waals surface area contributed by atoms with Crippen molar-refractivity contribution in [3.63, 3.8) is 0 Å². The first-order valence-electron chi connectivity index (χ1n) is 4.19. The highest BCUT2D eigenvalue weighted by Gasteiger charge is 1.98. The summed E-state index contributed by atoms with van der Waals surface area (Å²) in [7, 11) is 0. The van der Waals surface area contributed by atoms with Crippen molar-refractivity contribution in [3.05, 3.63) is 0 Å². The number of nitrogens with zero attached hydrogens (tertiary/aromatic N) is 3. The van der Waals surface area contributed by atoms with Crippen molar-refractivity contribution in [1.82, 2.24) is 4.90 Å². The van der Waals surface area contributed by atoms with E-state index < -0.39 is 0 Å². The molecule has 1 heterocycles. The summed E-state index contributed by atoms with van der Waals surface area (Å²) in [4.78, 5) is 10.1. The summed E-state index contributed by atoms with van der Waals surface area (Å²) in [5.74, 6) is 0. The van der Waals surface area contributed by atoms with Gasteiger partial charge in [0.2, 0.25) is 0 Å². The smallest absolute Gasteiger partial charge is 0.113 e. The summed E-state index contributed by atoms with van der Waals surface area (Å²) in [6.07, 6.45) is 7.29. The molecule has 0 saturated heterocycles. The topological polar surface area (TPSA) is 28.0 Å². The molecular weight excluding hydrogens is 138 g/mol. The first-order chi connectivity index (χ1) is 5.43. The molecule has 0 bridgehead atoms. The Morgan fingerprint density at radius 2 is 2.36 bits per heavy atom. The van der Waals surface area contributed by atoms with Gasteiger partial charge in [-0.1, -0.05) is 19.8 Å². The zero-order chi connectivity index (χ0) is 7.94. The second-order valence-electron chi connectivity index (χ2n) is 2.72. The second-order valence-corrected chi connectivity index (χ2v) is 2.72. The lowest BCUT2D eigenvalue weighted by atomic mass is 10.2. The van der Waals surface area contributed by atoms with E-state index in [0.717, 1.165) is 13.2 Å². The Morgan fingerprint density at radius 1 is 1.45 bits per heavy atom. The third kappa shape index (κ3) is 3.16. The van der Waals surface area contributed by atoms with Crippen LogP contribution in [0.2, 0.25) is 0 Å². The summed E-state index contributed by atoms with van der Waals surface area (Å²) in [6, 6.07) is 0. The fourth-order valence-electron chi connectivity index (χ4n) is 1.04. The van der Waals surface area contributed by atoms with Crippen LogP contribution in [0.4, 0.5) is 0 Å². The van der Waals surface area contributed by atoms with Gasteiger partial charge in [0.25, 0.3) is 0 Å². The number of rotatable bonds is 4. The van der Waals surface area contributed by atoms with Crippen molar-refractivity contribution >= 4 is 12.7 Å². The number of aliphatic imine (C=N–C) groups is 2. The van der Waals surface area contributed by atoms with Crippen LogP contribution in [0.3, 0.4) is 0 Å². The molecule has 0 radical (unpaired) electrons. The van der Waals surface area contributed by atoms with E-state index in [1.807, 2.05) is 6.34 Å². The zero-order valence-corrected chi connectivity index (χ0v) is 7.03. The molecule has 3 heteroatoms. The Bertz CT molecular complexity index is 151. The molecule has 1 rings (SSSR count).